The number of hydrogen-bond acceptors (Lipinski definition) is 7. The van der Waals surface area contributed by atoms with Crippen molar-refractivity contribution in [1.29, 1.82) is 0 Å². The average molecular weight is 332 g/mol. The Morgan fingerprint density at radius 3 is 2.78 bits per heavy atom. The van der Waals surface area contributed by atoms with Crippen molar-refractivity contribution in [2.45, 2.75) is 26.8 Å². The summed E-state index contributed by atoms with van der Waals surface area (Å²) in [6, 6.07) is 5.94. The van der Waals surface area contributed by atoms with Gasteiger partial charge in [-0.25, -0.2) is 20.9 Å². The minimum atomic E-state index is 0.683. The lowest BCUT2D eigenvalue weighted by Gasteiger charge is -2.18. The molecule has 0 aliphatic rings. The molecule has 124 valence electrons. The van der Waals surface area contributed by atoms with Gasteiger partial charge in [0, 0.05) is 18.8 Å². The zero-order valence-electron chi connectivity index (χ0n) is 14.1. The zero-order chi connectivity index (χ0) is 16.8. The Kier molecular flexibility index (Phi) is 6.09. The van der Waals surface area contributed by atoms with Crippen LogP contribution in [0.2, 0.25) is 0 Å². The van der Waals surface area contributed by atoms with Crippen LogP contribution in [0.3, 0.4) is 0 Å². The predicted octanol–water partition coefficient (Wildman–Crippen LogP) is 3.08. The fraction of sp³-hybridized carbons (Fsp3) is 0.375. The SMILES string of the molecule is CC/C(C)=C/N(N)Nc1cc(CN(C)C)nc(-c2cccs2)n1. The van der Waals surface area contributed by atoms with E-state index in [1.54, 1.807) is 11.3 Å². The van der Waals surface area contributed by atoms with E-state index in [1.165, 1.54) is 10.7 Å². The summed E-state index contributed by atoms with van der Waals surface area (Å²) in [7, 11) is 4.03. The van der Waals surface area contributed by atoms with E-state index in [4.69, 9.17) is 5.84 Å². The Hall–Kier alpha value is -1.96. The van der Waals surface area contributed by atoms with Crippen LogP contribution in [-0.2, 0) is 6.54 Å². The second kappa shape index (κ2) is 8.05. The van der Waals surface area contributed by atoms with Crippen molar-refractivity contribution < 1.29 is 0 Å². The molecule has 0 fully saturated rings. The summed E-state index contributed by atoms with van der Waals surface area (Å²) in [5.41, 5.74) is 5.22. The molecule has 3 N–H and O–H groups in total. The first kappa shape index (κ1) is 17.4. The molecule has 2 aromatic rings. The fourth-order valence-corrected chi connectivity index (χ4v) is 2.63. The standard InChI is InChI=1S/C16H24N6S/c1-5-12(2)10-22(17)20-15-9-13(11-21(3)4)18-16(19-15)14-7-6-8-23-14/h6-10H,5,11,17H2,1-4H3,(H,18,19,20)/b12-10+. The number of rotatable bonds is 7. The summed E-state index contributed by atoms with van der Waals surface area (Å²) in [6.07, 6.45) is 2.81. The van der Waals surface area contributed by atoms with Crippen LogP contribution in [0.5, 0.6) is 0 Å². The molecule has 7 heteroatoms. The third kappa shape index (κ3) is 5.31. The highest BCUT2D eigenvalue weighted by Crippen LogP contribution is 2.23. The largest absolute Gasteiger partial charge is 0.304 e. The van der Waals surface area contributed by atoms with Crippen LogP contribution in [0, 0.1) is 0 Å². The second-order valence-corrected chi connectivity index (χ2v) is 6.58. The molecule has 0 radical (unpaired) electrons. The van der Waals surface area contributed by atoms with Gasteiger partial charge in [-0.3, -0.25) is 5.43 Å². The molecule has 6 nitrogen and oxygen atoms in total. The molecule has 0 bridgehead atoms. The lowest BCUT2D eigenvalue weighted by molar-refractivity contribution is 0.396. The molecule has 2 aromatic heterocycles. The number of anilines is 1. The molecule has 0 amide bonds. The summed E-state index contributed by atoms with van der Waals surface area (Å²) in [4.78, 5) is 12.3. The third-order valence-corrected chi connectivity index (χ3v) is 4.03. The molecule has 0 aliphatic carbocycles. The van der Waals surface area contributed by atoms with Crippen molar-refractivity contribution in [1.82, 2.24) is 20.0 Å². The van der Waals surface area contributed by atoms with Gasteiger partial charge in [0.05, 0.1) is 10.6 Å². The number of hydrogen-bond donors (Lipinski definition) is 2. The molecule has 0 aliphatic heterocycles. The van der Waals surface area contributed by atoms with Gasteiger partial charge in [0.1, 0.15) is 5.82 Å². The van der Waals surface area contributed by atoms with E-state index in [0.29, 0.717) is 11.6 Å². The van der Waals surface area contributed by atoms with Gasteiger partial charge in [-0.2, -0.15) is 0 Å². The normalized spacial score (nSPS) is 11.8. The zero-order valence-corrected chi connectivity index (χ0v) is 14.9. The summed E-state index contributed by atoms with van der Waals surface area (Å²) in [5.74, 6) is 7.38. The van der Waals surface area contributed by atoms with Gasteiger partial charge >= 0.3 is 0 Å². The van der Waals surface area contributed by atoms with Crippen LogP contribution < -0.4 is 11.3 Å². The molecule has 0 aromatic carbocycles. The smallest absolute Gasteiger partial charge is 0.171 e. The number of allylic oxidation sites excluding steroid dienone is 1. The Morgan fingerprint density at radius 2 is 2.17 bits per heavy atom. The fourth-order valence-electron chi connectivity index (χ4n) is 1.97. The maximum absolute atomic E-state index is 5.98. The van der Waals surface area contributed by atoms with Gasteiger partial charge in [-0.1, -0.05) is 18.6 Å². The van der Waals surface area contributed by atoms with Crippen molar-refractivity contribution in [2.75, 3.05) is 19.5 Å². The van der Waals surface area contributed by atoms with Crippen molar-refractivity contribution in [2.24, 2.45) is 5.84 Å². The van der Waals surface area contributed by atoms with Gasteiger partial charge in [0.15, 0.2) is 5.82 Å². The highest BCUT2D eigenvalue weighted by Gasteiger charge is 2.09. The third-order valence-electron chi connectivity index (χ3n) is 3.16. The first-order valence-electron chi connectivity index (χ1n) is 7.52. The lowest BCUT2D eigenvalue weighted by Crippen LogP contribution is -2.32. The number of nitrogens with zero attached hydrogens (tertiary/aromatic N) is 4. The van der Waals surface area contributed by atoms with Crippen LogP contribution in [-0.4, -0.2) is 34.1 Å². The number of hydrazine groups is 2. The monoisotopic (exact) mass is 332 g/mol. The first-order valence-corrected chi connectivity index (χ1v) is 8.40. The topological polar surface area (TPSA) is 70.3 Å². The Bertz CT molecular complexity index is 651. The second-order valence-electron chi connectivity index (χ2n) is 5.63. The maximum Gasteiger partial charge on any atom is 0.171 e. The van der Waals surface area contributed by atoms with Crippen molar-refractivity contribution in [3.63, 3.8) is 0 Å². The number of aromatic nitrogens is 2. The Morgan fingerprint density at radius 1 is 1.39 bits per heavy atom. The van der Waals surface area contributed by atoms with Gasteiger partial charge in [0.25, 0.3) is 0 Å². The lowest BCUT2D eigenvalue weighted by atomic mass is 10.3. The molecule has 0 saturated carbocycles. The highest BCUT2D eigenvalue weighted by atomic mass is 32.1. The molecule has 2 heterocycles. The number of thiophene rings is 1. The van der Waals surface area contributed by atoms with Gasteiger partial charge in [0.2, 0.25) is 0 Å². The molecular formula is C16H24N6S. The van der Waals surface area contributed by atoms with E-state index in [2.05, 4.69) is 27.2 Å². The van der Waals surface area contributed by atoms with Crippen molar-refractivity contribution in [3.8, 4) is 10.7 Å². The Labute approximate surface area is 141 Å². The van der Waals surface area contributed by atoms with Crippen LogP contribution in [0.25, 0.3) is 10.7 Å². The molecule has 0 atom stereocenters. The minimum Gasteiger partial charge on any atom is -0.304 e. The van der Waals surface area contributed by atoms with E-state index in [9.17, 15) is 0 Å². The predicted molar refractivity (Wildman–Crippen MR) is 96.4 cm³/mol. The van der Waals surface area contributed by atoms with E-state index >= 15 is 0 Å². The van der Waals surface area contributed by atoms with Crippen LogP contribution in [0.4, 0.5) is 5.82 Å². The summed E-state index contributed by atoms with van der Waals surface area (Å²) in [6.45, 7) is 4.87. The average Bonchev–Trinajstić information content (AvgIpc) is 3.00. The summed E-state index contributed by atoms with van der Waals surface area (Å²) in [5, 5.41) is 3.46. The molecular weight excluding hydrogens is 308 g/mol. The quantitative estimate of drug-likeness (QED) is 0.600. The minimum absolute atomic E-state index is 0.683. The van der Waals surface area contributed by atoms with E-state index in [1.807, 2.05) is 50.8 Å². The number of nitrogens with two attached hydrogens (primary N) is 1. The van der Waals surface area contributed by atoms with Gasteiger partial charge in [-0.15, -0.1) is 11.3 Å². The summed E-state index contributed by atoms with van der Waals surface area (Å²) >= 11 is 1.62. The molecule has 2 rings (SSSR count). The van der Waals surface area contributed by atoms with Crippen LogP contribution in [0.15, 0.2) is 35.4 Å². The number of nitrogens with one attached hydrogen (secondary N) is 1. The highest BCUT2D eigenvalue weighted by molar-refractivity contribution is 7.13. The Balaban J connectivity index is 2.29. The van der Waals surface area contributed by atoms with Crippen molar-refractivity contribution in [3.05, 3.63) is 41.0 Å². The van der Waals surface area contributed by atoms with E-state index in [0.717, 1.165) is 23.5 Å². The molecule has 23 heavy (non-hydrogen) atoms. The van der Waals surface area contributed by atoms with Crippen LogP contribution >= 0.6 is 11.3 Å². The summed E-state index contributed by atoms with van der Waals surface area (Å²) < 4.78 is 0. The van der Waals surface area contributed by atoms with Crippen LogP contribution in [0.1, 0.15) is 26.0 Å². The van der Waals surface area contributed by atoms with Crippen molar-refractivity contribution >= 4 is 17.2 Å². The van der Waals surface area contributed by atoms with E-state index < -0.39 is 0 Å². The van der Waals surface area contributed by atoms with Gasteiger partial charge < -0.3 is 4.90 Å². The first-order chi connectivity index (χ1) is 11.0. The molecule has 0 unspecified atom stereocenters. The van der Waals surface area contributed by atoms with E-state index in [-0.39, 0.29) is 0 Å². The molecule has 0 spiro atoms. The van der Waals surface area contributed by atoms with Gasteiger partial charge in [-0.05, 0) is 38.9 Å². The molecule has 0 saturated heterocycles. The maximum atomic E-state index is 5.98.